The second-order valence-corrected chi connectivity index (χ2v) is 3.86. The lowest BCUT2D eigenvalue weighted by atomic mass is 10.1. The molecular weight excluding hydrogens is 277 g/mol. The summed E-state index contributed by atoms with van der Waals surface area (Å²) in [6.45, 7) is 0.181. The van der Waals surface area contributed by atoms with Gasteiger partial charge >= 0.3 is 18.2 Å². The van der Waals surface area contributed by atoms with E-state index in [0.29, 0.717) is 6.42 Å². The lowest BCUT2D eigenvalue weighted by Crippen LogP contribution is -2.30. The zero-order chi connectivity index (χ0) is 15.2. The summed E-state index contributed by atoms with van der Waals surface area (Å²) in [5, 5.41) is 2.29. The number of alkyl halides is 3. The molecule has 0 spiro atoms. The number of carbonyl (C=O) groups is 2. The average Bonchev–Trinajstić information content (AvgIpc) is 2.37. The number of carbonyl (C=O) groups excluding carboxylic acids is 2. The van der Waals surface area contributed by atoms with E-state index in [2.05, 4.69) is 5.32 Å². The fraction of sp³-hybridized carbons (Fsp3) is 0.333. The molecule has 0 aromatic heterocycles. The Morgan fingerprint density at radius 3 is 2.60 bits per heavy atom. The third-order valence-corrected chi connectivity index (χ3v) is 2.28. The lowest BCUT2D eigenvalue weighted by molar-refractivity contribution is -0.137. The summed E-state index contributed by atoms with van der Waals surface area (Å²) in [5.41, 5.74) is 3.73. The van der Waals surface area contributed by atoms with Crippen molar-refractivity contribution in [2.45, 2.75) is 12.6 Å². The summed E-state index contributed by atoms with van der Waals surface area (Å²) in [7, 11) is 0. The van der Waals surface area contributed by atoms with Crippen LogP contribution in [0.25, 0.3) is 0 Å². The number of esters is 1. The Balaban J connectivity index is 2.50. The topological polar surface area (TPSA) is 81.4 Å². The van der Waals surface area contributed by atoms with Crippen LogP contribution < -0.4 is 11.1 Å². The Kier molecular flexibility index (Phi) is 5.36. The maximum absolute atomic E-state index is 12.5. The molecule has 0 saturated carbocycles. The van der Waals surface area contributed by atoms with Crippen molar-refractivity contribution in [1.82, 2.24) is 5.32 Å². The minimum absolute atomic E-state index is 0.0324. The van der Waals surface area contributed by atoms with Crippen molar-refractivity contribution in [3.8, 4) is 0 Å². The summed E-state index contributed by atoms with van der Waals surface area (Å²) in [6.07, 6.45) is -4.20. The van der Waals surface area contributed by atoms with Crippen molar-refractivity contribution in [3.05, 3.63) is 35.4 Å². The first-order chi connectivity index (χ1) is 9.30. The molecule has 0 fully saturated rings. The highest BCUT2D eigenvalue weighted by Crippen LogP contribution is 2.29. The molecule has 0 saturated heterocycles. The SMILES string of the molecule is NC(=O)NCCCOC(=O)c1cccc(C(F)(F)F)c1. The van der Waals surface area contributed by atoms with Crippen LogP contribution in [0.1, 0.15) is 22.3 Å². The first-order valence-corrected chi connectivity index (χ1v) is 5.68. The van der Waals surface area contributed by atoms with E-state index < -0.39 is 23.7 Å². The van der Waals surface area contributed by atoms with Gasteiger partial charge in [-0.05, 0) is 24.6 Å². The Morgan fingerprint density at radius 1 is 1.30 bits per heavy atom. The number of hydrogen-bond donors (Lipinski definition) is 2. The van der Waals surface area contributed by atoms with Crippen LogP contribution in [0.5, 0.6) is 0 Å². The molecule has 0 heterocycles. The molecule has 0 aliphatic rings. The second-order valence-electron chi connectivity index (χ2n) is 3.86. The summed E-state index contributed by atoms with van der Waals surface area (Å²) in [4.78, 5) is 21.9. The van der Waals surface area contributed by atoms with Gasteiger partial charge in [-0.2, -0.15) is 13.2 Å². The van der Waals surface area contributed by atoms with Gasteiger partial charge in [0.1, 0.15) is 0 Å². The normalized spacial score (nSPS) is 10.9. The van der Waals surface area contributed by atoms with Crippen LogP contribution in [0.2, 0.25) is 0 Å². The van der Waals surface area contributed by atoms with Crippen molar-refractivity contribution in [2.75, 3.05) is 13.2 Å². The number of halogens is 3. The molecule has 2 amide bonds. The van der Waals surface area contributed by atoms with Gasteiger partial charge in [-0.15, -0.1) is 0 Å². The number of nitrogens with two attached hydrogens (primary N) is 1. The number of urea groups is 1. The molecule has 0 bridgehead atoms. The van der Waals surface area contributed by atoms with E-state index in [4.69, 9.17) is 10.5 Å². The van der Waals surface area contributed by atoms with Gasteiger partial charge in [0.15, 0.2) is 0 Å². The summed E-state index contributed by atoms with van der Waals surface area (Å²) in [6, 6.07) is 3.26. The molecule has 0 atom stereocenters. The Bertz CT molecular complexity index is 489. The first-order valence-electron chi connectivity index (χ1n) is 5.68. The van der Waals surface area contributed by atoms with Gasteiger partial charge in [0.05, 0.1) is 17.7 Å². The molecular formula is C12H13F3N2O3. The van der Waals surface area contributed by atoms with Crippen LogP contribution in [-0.4, -0.2) is 25.2 Å². The molecule has 110 valence electrons. The van der Waals surface area contributed by atoms with Gasteiger partial charge in [0.25, 0.3) is 0 Å². The van der Waals surface area contributed by atoms with E-state index in [9.17, 15) is 22.8 Å². The highest BCUT2D eigenvalue weighted by Gasteiger charge is 2.31. The molecule has 1 rings (SSSR count). The first kappa shape index (κ1) is 15.8. The van der Waals surface area contributed by atoms with E-state index in [1.165, 1.54) is 6.07 Å². The second kappa shape index (κ2) is 6.78. The van der Waals surface area contributed by atoms with Crippen molar-refractivity contribution in [2.24, 2.45) is 5.73 Å². The predicted molar refractivity (Wildman–Crippen MR) is 63.9 cm³/mol. The molecule has 0 aliphatic carbocycles. The number of ether oxygens (including phenoxy) is 1. The number of amides is 2. The van der Waals surface area contributed by atoms with Crippen molar-refractivity contribution >= 4 is 12.0 Å². The van der Waals surface area contributed by atoms with Gasteiger partial charge in [-0.3, -0.25) is 0 Å². The van der Waals surface area contributed by atoms with Gasteiger partial charge in [0.2, 0.25) is 0 Å². The molecule has 20 heavy (non-hydrogen) atoms. The van der Waals surface area contributed by atoms with Gasteiger partial charge in [-0.25, -0.2) is 9.59 Å². The molecule has 0 aliphatic heterocycles. The van der Waals surface area contributed by atoms with Crippen LogP contribution in [0.15, 0.2) is 24.3 Å². The zero-order valence-electron chi connectivity index (χ0n) is 10.4. The number of rotatable bonds is 5. The minimum atomic E-state index is -4.51. The number of benzene rings is 1. The highest BCUT2D eigenvalue weighted by molar-refractivity contribution is 5.89. The number of primary amides is 1. The maximum atomic E-state index is 12.5. The average molecular weight is 290 g/mol. The molecule has 0 radical (unpaired) electrons. The van der Waals surface area contributed by atoms with Gasteiger partial charge < -0.3 is 15.8 Å². The smallest absolute Gasteiger partial charge is 0.416 e. The van der Waals surface area contributed by atoms with Crippen molar-refractivity contribution in [1.29, 1.82) is 0 Å². The predicted octanol–water partition coefficient (Wildman–Crippen LogP) is 1.92. The molecule has 5 nitrogen and oxygen atoms in total. The van der Waals surface area contributed by atoms with Crippen molar-refractivity contribution < 1.29 is 27.5 Å². The standard InChI is InChI=1S/C12H13F3N2O3/c13-12(14,15)9-4-1-3-8(7-9)10(18)20-6-2-5-17-11(16)19/h1,3-4,7H,2,5-6H2,(H3,16,17,19). The molecule has 0 unspecified atom stereocenters. The Hall–Kier alpha value is -2.25. The third-order valence-electron chi connectivity index (χ3n) is 2.28. The zero-order valence-corrected chi connectivity index (χ0v) is 10.4. The van der Waals surface area contributed by atoms with Crippen LogP contribution in [-0.2, 0) is 10.9 Å². The molecule has 1 aromatic carbocycles. The minimum Gasteiger partial charge on any atom is -0.462 e. The van der Waals surface area contributed by atoms with E-state index in [1.54, 1.807) is 0 Å². The quantitative estimate of drug-likeness (QED) is 0.642. The lowest BCUT2D eigenvalue weighted by Gasteiger charge is -2.09. The van der Waals surface area contributed by atoms with E-state index in [-0.39, 0.29) is 18.7 Å². The largest absolute Gasteiger partial charge is 0.462 e. The molecule has 1 aromatic rings. The van der Waals surface area contributed by atoms with Crippen LogP contribution in [0, 0.1) is 0 Å². The number of hydrogen-bond acceptors (Lipinski definition) is 3. The van der Waals surface area contributed by atoms with E-state index in [1.807, 2.05) is 0 Å². The third kappa shape index (κ3) is 5.17. The Morgan fingerprint density at radius 2 is 2.00 bits per heavy atom. The maximum Gasteiger partial charge on any atom is 0.416 e. The molecule has 8 heteroatoms. The summed E-state index contributed by atoms with van der Waals surface area (Å²) in [5.74, 6) is -0.852. The van der Waals surface area contributed by atoms with E-state index in [0.717, 1.165) is 18.2 Å². The summed E-state index contributed by atoms with van der Waals surface area (Å²) >= 11 is 0. The van der Waals surface area contributed by atoms with Crippen molar-refractivity contribution in [3.63, 3.8) is 0 Å². The van der Waals surface area contributed by atoms with E-state index >= 15 is 0 Å². The number of nitrogens with one attached hydrogen (secondary N) is 1. The van der Waals surface area contributed by atoms with Crippen LogP contribution in [0.4, 0.5) is 18.0 Å². The fourth-order valence-electron chi connectivity index (χ4n) is 1.35. The van der Waals surface area contributed by atoms with Gasteiger partial charge in [0, 0.05) is 6.54 Å². The molecule has 3 N–H and O–H groups in total. The fourth-order valence-corrected chi connectivity index (χ4v) is 1.35. The van der Waals surface area contributed by atoms with Gasteiger partial charge in [-0.1, -0.05) is 6.07 Å². The monoisotopic (exact) mass is 290 g/mol. The van der Waals surface area contributed by atoms with Crippen LogP contribution >= 0.6 is 0 Å². The van der Waals surface area contributed by atoms with Crippen LogP contribution in [0.3, 0.4) is 0 Å². The Labute approximate surface area is 112 Å². The summed E-state index contributed by atoms with van der Waals surface area (Å²) < 4.78 is 42.1. The highest BCUT2D eigenvalue weighted by atomic mass is 19.4.